The van der Waals surface area contributed by atoms with E-state index in [2.05, 4.69) is 30.8 Å². The summed E-state index contributed by atoms with van der Waals surface area (Å²) in [5, 5.41) is 13.7. The second-order valence-corrected chi connectivity index (χ2v) is 5.88. The van der Waals surface area contributed by atoms with Gasteiger partial charge in [-0.3, -0.25) is 9.50 Å². The van der Waals surface area contributed by atoms with E-state index in [9.17, 15) is 0 Å². The fraction of sp³-hybridized carbons (Fsp3) is 0.167. The molecule has 0 radical (unpaired) electrons. The Kier molecular flexibility index (Phi) is 4.14. The Morgan fingerprint density at radius 1 is 1.15 bits per heavy atom. The van der Waals surface area contributed by atoms with Crippen molar-refractivity contribution in [2.24, 2.45) is 0 Å². The molecule has 0 atom stereocenters. The van der Waals surface area contributed by atoms with Crippen LogP contribution in [0.15, 0.2) is 48.8 Å². The monoisotopic (exact) mass is 349 g/mol. The first-order valence-electron chi connectivity index (χ1n) is 8.21. The molecule has 1 aromatic carbocycles. The van der Waals surface area contributed by atoms with Crippen LogP contribution in [0.5, 0.6) is 5.75 Å². The minimum absolute atomic E-state index is 0.642. The first kappa shape index (κ1) is 15.9. The zero-order chi connectivity index (χ0) is 17.9. The van der Waals surface area contributed by atoms with Gasteiger partial charge in [0.2, 0.25) is 5.95 Å². The molecule has 3 aromatic heterocycles. The Bertz CT molecular complexity index is 1020. The van der Waals surface area contributed by atoms with Gasteiger partial charge in [0.05, 0.1) is 7.11 Å². The van der Waals surface area contributed by atoms with Crippen molar-refractivity contribution >= 4 is 23.2 Å². The number of methoxy groups -OCH3 is 1. The quantitative estimate of drug-likeness (QED) is 0.495. The molecule has 26 heavy (non-hydrogen) atoms. The predicted octanol–water partition coefficient (Wildman–Crippen LogP) is 3.13. The van der Waals surface area contributed by atoms with Gasteiger partial charge in [0.1, 0.15) is 17.2 Å². The van der Waals surface area contributed by atoms with Crippen molar-refractivity contribution in [1.82, 2.24) is 24.6 Å². The molecule has 0 unspecified atom stereocenters. The maximum Gasteiger partial charge on any atom is 0.216 e. The van der Waals surface area contributed by atoms with Crippen molar-refractivity contribution in [1.29, 1.82) is 0 Å². The third kappa shape index (κ3) is 3.30. The van der Waals surface area contributed by atoms with Crippen LogP contribution in [0.2, 0.25) is 0 Å². The van der Waals surface area contributed by atoms with Gasteiger partial charge in [-0.2, -0.15) is 10.1 Å². The Labute approximate surface area is 150 Å². The summed E-state index contributed by atoms with van der Waals surface area (Å²) in [6.45, 7) is 2.60. The highest BCUT2D eigenvalue weighted by Gasteiger charge is 2.08. The van der Waals surface area contributed by atoms with E-state index in [0.717, 1.165) is 28.5 Å². The molecule has 132 valence electrons. The summed E-state index contributed by atoms with van der Waals surface area (Å²) in [4.78, 5) is 9.01. The van der Waals surface area contributed by atoms with Crippen LogP contribution in [-0.4, -0.2) is 31.7 Å². The zero-order valence-electron chi connectivity index (χ0n) is 14.5. The van der Waals surface area contributed by atoms with E-state index < -0.39 is 0 Å². The van der Waals surface area contributed by atoms with Gasteiger partial charge < -0.3 is 15.4 Å². The number of aromatic nitrogens is 5. The van der Waals surface area contributed by atoms with Crippen LogP contribution in [0.25, 0.3) is 5.65 Å². The maximum absolute atomic E-state index is 5.18. The van der Waals surface area contributed by atoms with Crippen LogP contribution in [0.3, 0.4) is 0 Å². The lowest BCUT2D eigenvalue weighted by molar-refractivity contribution is 0.414. The SMILES string of the molecule is COc1ccc(CNc2cc3nccn3c(Nc3cc(C)[nH]n3)n2)cc1. The molecular formula is C18H19N7O. The van der Waals surface area contributed by atoms with Gasteiger partial charge in [0.25, 0.3) is 0 Å². The molecule has 8 heteroatoms. The molecule has 8 nitrogen and oxygen atoms in total. The maximum atomic E-state index is 5.18. The van der Waals surface area contributed by atoms with Crippen LogP contribution in [-0.2, 0) is 6.54 Å². The first-order chi connectivity index (χ1) is 12.7. The molecule has 0 saturated heterocycles. The number of anilines is 3. The summed E-state index contributed by atoms with van der Waals surface area (Å²) >= 11 is 0. The molecular weight excluding hydrogens is 330 g/mol. The number of ether oxygens (including phenoxy) is 1. The number of aromatic amines is 1. The molecule has 0 bridgehead atoms. The number of aryl methyl sites for hydroxylation is 1. The molecule has 0 spiro atoms. The standard InChI is InChI=1S/C18H19N7O/c1-12-9-16(24-23-12)22-18-21-15(10-17-19-7-8-25(17)18)20-11-13-3-5-14(26-2)6-4-13/h3-10,20H,11H2,1-2H3,(H2,21,22,23,24). The van der Waals surface area contributed by atoms with E-state index in [4.69, 9.17) is 4.74 Å². The smallest absolute Gasteiger partial charge is 0.216 e. The highest BCUT2D eigenvalue weighted by Crippen LogP contribution is 2.19. The van der Waals surface area contributed by atoms with Crippen LogP contribution in [0, 0.1) is 6.92 Å². The van der Waals surface area contributed by atoms with Gasteiger partial charge in [0, 0.05) is 36.8 Å². The van der Waals surface area contributed by atoms with E-state index in [0.29, 0.717) is 18.3 Å². The third-order valence-corrected chi connectivity index (χ3v) is 3.97. The number of hydrogen-bond donors (Lipinski definition) is 3. The molecule has 3 N–H and O–H groups in total. The molecule has 0 amide bonds. The average molecular weight is 349 g/mol. The fourth-order valence-electron chi connectivity index (χ4n) is 2.63. The Balaban J connectivity index is 1.56. The Morgan fingerprint density at radius 3 is 2.73 bits per heavy atom. The van der Waals surface area contributed by atoms with Crippen molar-refractivity contribution in [2.45, 2.75) is 13.5 Å². The summed E-state index contributed by atoms with van der Waals surface area (Å²) in [6, 6.07) is 11.7. The van der Waals surface area contributed by atoms with Crippen molar-refractivity contribution < 1.29 is 4.74 Å². The summed E-state index contributed by atoms with van der Waals surface area (Å²) in [6.07, 6.45) is 3.60. The van der Waals surface area contributed by atoms with Crippen LogP contribution in [0.1, 0.15) is 11.3 Å². The van der Waals surface area contributed by atoms with E-state index >= 15 is 0 Å². The lowest BCUT2D eigenvalue weighted by Gasteiger charge is -2.11. The molecule has 0 aliphatic rings. The van der Waals surface area contributed by atoms with Gasteiger partial charge in [-0.1, -0.05) is 12.1 Å². The van der Waals surface area contributed by atoms with Crippen LogP contribution < -0.4 is 15.4 Å². The number of fused-ring (bicyclic) bond motifs is 1. The van der Waals surface area contributed by atoms with Crippen LogP contribution in [0.4, 0.5) is 17.6 Å². The molecule has 0 aliphatic carbocycles. The van der Waals surface area contributed by atoms with Crippen molar-refractivity contribution in [3.8, 4) is 5.75 Å². The number of nitrogens with one attached hydrogen (secondary N) is 3. The van der Waals surface area contributed by atoms with Gasteiger partial charge in [-0.15, -0.1) is 0 Å². The Hall–Kier alpha value is -3.55. The minimum atomic E-state index is 0.642. The number of hydrogen-bond acceptors (Lipinski definition) is 6. The largest absolute Gasteiger partial charge is 0.497 e. The Morgan fingerprint density at radius 2 is 2.00 bits per heavy atom. The molecule has 0 fully saturated rings. The van der Waals surface area contributed by atoms with Crippen molar-refractivity contribution in [3.05, 3.63) is 60.0 Å². The number of nitrogens with zero attached hydrogens (tertiary/aromatic N) is 4. The second-order valence-electron chi connectivity index (χ2n) is 5.88. The molecule has 0 aliphatic heterocycles. The summed E-state index contributed by atoms with van der Waals surface area (Å²) in [7, 11) is 1.66. The summed E-state index contributed by atoms with van der Waals surface area (Å²) < 4.78 is 7.06. The predicted molar refractivity (Wildman–Crippen MR) is 99.9 cm³/mol. The molecule has 4 aromatic rings. The molecule has 4 rings (SSSR count). The van der Waals surface area contributed by atoms with Gasteiger partial charge in [-0.25, -0.2) is 4.98 Å². The third-order valence-electron chi connectivity index (χ3n) is 3.97. The van der Waals surface area contributed by atoms with E-state index in [1.165, 1.54) is 0 Å². The van der Waals surface area contributed by atoms with E-state index in [1.807, 2.05) is 53.9 Å². The summed E-state index contributed by atoms with van der Waals surface area (Å²) in [5.41, 5.74) is 2.91. The normalized spacial score (nSPS) is 10.8. The first-order valence-corrected chi connectivity index (χ1v) is 8.21. The molecule has 3 heterocycles. The zero-order valence-corrected chi connectivity index (χ0v) is 14.5. The van der Waals surface area contributed by atoms with Gasteiger partial charge >= 0.3 is 0 Å². The van der Waals surface area contributed by atoms with E-state index in [1.54, 1.807) is 13.3 Å². The topological polar surface area (TPSA) is 92.2 Å². The van der Waals surface area contributed by atoms with Crippen molar-refractivity contribution in [3.63, 3.8) is 0 Å². The van der Waals surface area contributed by atoms with Crippen molar-refractivity contribution in [2.75, 3.05) is 17.7 Å². The summed E-state index contributed by atoms with van der Waals surface area (Å²) in [5.74, 6) is 2.92. The fourth-order valence-corrected chi connectivity index (χ4v) is 2.63. The number of rotatable bonds is 6. The highest BCUT2D eigenvalue weighted by atomic mass is 16.5. The lowest BCUT2D eigenvalue weighted by Crippen LogP contribution is -2.07. The highest BCUT2D eigenvalue weighted by molar-refractivity contribution is 5.59. The van der Waals surface area contributed by atoms with Gasteiger partial charge in [0.15, 0.2) is 5.82 Å². The number of imidazole rings is 1. The number of benzene rings is 1. The average Bonchev–Trinajstić information content (AvgIpc) is 3.29. The van der Waals surface area contributed by atoms with E-state index in [-0.39, 0.29) is 0 Å². The minimum Gasteiger partial charge on any atom is -0.497 e. The molecule has 0 saturated carbocycles. The lowest BCUT2D eigenvalue weighted by atomic mass is 10.2. The number of H-pyrrole nitrogens is 1. The second kappa shape index (κ2) is 6.75. The van der Waals surface area contributed by atoms with Crippen LogP contribution >= 0.6 is 0 Å². The van der Waals surface area contributed by atoms with Gasteiger partial charge in [-0.05, 0) is 24.6 Å².